The van der Waals surface area contributed by atoms with Crippen LogP contribution in [0.2, 0.25) is 0 Å². The van der Waals surface area contributed by atoms with Gasteiger partial charge in [0.1, 0.15) is 12.0 Å². The highest BCUT2D eigenvalue weighted by Crippen LogP contribution is 2.06. The molecule has 0 aliphatic heterocycles. The molecule has 21 heavy (non-hydrogen) atoms. The summed E-state index contributed by atoms with van der Waals surface area (Å²) in [6.45, 7) is 8.27. The molecular formula is C14H26N2O5. The molecule has 0 aromatic rings. The van der Waals surface area contributed by atoms with E-state index in [2.05, 4.69) is 15.4 Å². The van der Waals surface area contributed by atoms with Gasteiger partial charge in [0, 0.05) is 13.1 Å². The standard InChI is InChI=1S/C14H26N2O5/c1-5-20-12(18)10-11(17)15-8-6-7-9-16-13(19)21-14(2,3)4/h5-10H2,1-4H3,(H,15,17)(H,16,19). The van der Waals surface area contributed by atoms with Crippen LogP contribution >= 0.6 is 0 Å². The number of ether oxygens (including phenoxy) is 2. The first-order valence-electron chi connectivity index (χ1n) is 7.13. The molecule has 0 spiro atoms. The Kier molecular flexibility index (Phi) is 9.16. The summed E-state index contributed by atoms with van der Waals surface area (Å²) >= 11 is 0. The molecule has 0 rings (SSSR count). The van der Waals surface area contributed by atoms with Crippen molar-refractivity contribution in [1.29, 1.82) is 0 Å². The van der Waals surface area contributed by atoms with Crippen LogP contribution in [0.3, 0.4) is 0 Å². The van der Waals surface area contributed by atoms with Crippen LogP contribution in [0.5, 0.6) is 0 Å². The molecule has 0 unspecified atom stereocenters. The Balaban J connectivity index is 3.54. The molecule has 122 valence electrons. The summed E-state index contributed by atoms with van der Waals surface area (Å²) in [6.07, 6.45) is 0.696. The van der Waals surface area contributed by atoms with Crippen molar-refractivity contribution in [3.05, 3.63) is 0 Å². The van der Waals surface area contributed by atoms with Crippen LogP contribution in [-0.2, 0) is 19.1 Å². The molecule has 0 heterocycles. The van der Waals surface area contributed by atoms with Gasteiger partial charge in [-0.25, -0.2) is 4.79 Å². The molecule has 0 radical (unpaired) electrons. The Labute approximate surface area is 125 Å². The van der Waals surface area contributed by atoms with Gasteiger partial charge in [-0.1, -0.05) is 0 Å². The number of carbonyl (C=O) groups is 3. The first-order chi connectivity index (χ1) is 9.74. The van der Waals surface area contributed by atoms with Gasteiger partial charge in [0.05, 0.1) is 6.61 Å². The predicted octanol–water partition coefficient (Wildman–Crippen LogP) is 1.36. The second-order valence-corrected chi connectivity index (χ2v) is 5.47. The van der Waals surface area contributed by atoms with Crippen molar-refractivity contribution < 1.29 is 23.9 Å². The van der Waals surface area contributed by atoms with Crippen LogP contribution in [0.1, 0.15) is 47.0 Å². The molecule has 0 aliphatic carbocycles. The van der Waals surface area contributed by atoms with Gasteiger partial charge in [-0.2, -0.15) is 0 Å². The second-order valence-electron chi connectivity index (χ2n) is 5.47. The van der Waals surface area contributed by atoms with Crippen molar-refractivity contribution in [2.45, 2.75) is 52.6 Å². The Morgan fingerprint density at radius 3 is 2.10 bits per heavy atom. The van der Waals surface area contributed by atoms with E-state index in [9.17, 15) is 14.4 Å². The zero-order valence-corrected chi connectivity index (χ0v) is 13.3. The van der Waals surface area contributed by atoms with Gasteiger partial charge < -0.3 is 20.1 Å². The van der Waals surface area contributed by atoms with E-state index in [1.165, 1.54) is 0 Å². The minimum Gasteiger partial charge on any atom is -0.466 e. The fourth-order valence-electron chi connectivity index (χ4n) is 1.39. The van der Waals surface area contributed by atoms with E-state index in [4.69, 9.17) is 4.74 Å². The Morgan fingerprint density at radius 1 is 1.00 bits per heavy atom. The average molecular weight is 302 g/mol. The zero-order valence-electron chi connectivity index (χ0n) is 13.3. The van der Waals surface area contributed by atoms with Crippen molar-refractivity contribution in [2.24, 2.45) is 0 Å². The summed E-state index contributed by atoms with van der Waals surface area (Å²) in [5, 5.41) is 5.24. The molecule has 0 fully saturated rings. The fraction of sp³-hybridized carbons (Fsp3) is 0.786. The molecule has 0 aliphatic rings. The number of nitrogens with one attached hydrogen (secondary N) is 2. The molecular weight excluding hydrogens is 276 g/mol. The molecule has 0 aromatic heterocycles. The highest BCUT2D eigenvalue weighted by molar-refractivity contribution is 5.94. The molecule has 0 saturated heterocycles. The lowest BCUT2D eigenvalue weighted by Crippen LogP contribution is -2.33. The third kappa shape index (κ3) is 13.0. The van der Waals surface area contributed by atoms with Crippen molar-refractivity contribution in [3.63, 3.8) is 0 Å². The number of unbranched alkanes of at least 4 members (excludes halogenated alkanes) is 1. The Hall–Kier alpha value is -1.79. The second kappa shape index (κ2) is 10.0. The lowest BCUT2D eigenvalue weighted by molar-refractivity contribution is -0.145. The van der Waals surface area contributed by atoms with Crippen LogP contribution < -0.4 is 10.6 Å². The highest BCUT2D eigenvalue weighted by Gasteiger charge is 2.15. The van der Waals surface area contributed by atoms with Gasteiger partial charge in [0.2, 0.25) is 5.91 Å². The maximum atomic E-state index is 11.3. The van der Waals surface area contributed by atoms with Crippen LogP contribution in [-0.4, -0.2) is 43.3 Å². The summed E-state index contributed by atoms with van der Waals surface area (Å²) in [4.78, 5) is 33.7. The van der Waals surface area contributed by atoms with Crippen molar-refractivity contribution in [2.75, 3.05) is 19.7 Å². The number of hydrogen-bond acceptors (Lipinski definition) is 5. The van der Waals surface area contributed by atoms with Gasteiger partial charge >= 0.3 is 12.1 Å². The van der Waals surface area contributed by atoms with E-state index in [-0.39, 0.29) is 18.9 Å². The van der Waals surface area contributed by atoms with Gasteiger partial charge in [-0.05, 0) is 40.5 Å². The van der Waals surface area contributed by atoms with E-state index in [0.717, 1.165) is 0 Å². The largest absolute Gasteiger partial charge is 0.466 e. The monoisotopic (exact) mass is 302 g/mol. The first kappa shape index (κ1) is 19.2. The number of amides is 2. The molecule has 2 amide bonds. The quantitative estimate of drug-likeness (QED) is 0.401. The van der Waals surface area contributed by atoms with Gasteiger partial charge in [-0.15, -0.1) is 0 Å². The third-order valence-corrected chi connectivity index (χ3v) is 2.20. The maximum Gasteiger partial charge on any atom is 0.407 e. The molecule has 0 bridgehead atoms. The summed E-state index contributed by atoms with van der Waals surface area (Å²) in [5.41, 5.74) is -0.509. The van der Waals surface area contributed by atoms with E-state index < -0.39 is 17.7 Å². The molecule has 0 saturated carbocycles. The van der Waals surface area contributed by atoms with Crippen molar-refractivity contribution >= 4 is 18.0 Å². The molecule has 2 N–H and O–H groups in total. The van der Waals surface area contributed by atoms with Gasteiger partial charge in [0.15, 0.2) is 0 Å². The smallest absolute Gasteiger partial charge is 0.407 e. The Bertz CT molecular complexity index is 350. The Morgan fingerprint density at radius 2 is 1.57 bits per heavy atom. The average Bonchev–Trinajstić information content (AvgIpc) is 2.31. The topological polar surface area (TPSA) is 93.7 Å². The van der Waals surface area contributed by atoms with Gasteiger partial charge in [0.25, 0.3) is 0 Å². The minimum absolute atomic E-state index is 0.260. The van der Waals surface area contributed by atoms with E-state index in [1.807, 2.05) is 0 Å². The number of carbonyl (C=O) groups excluding carboxylic acids is 3. The summed E-state index contributed by atoms with van der Waals surface area (Å²) in [7, 11) is 0. The SMILES string of the molecule is CCOC(=O)CC(=O)NCCCCNC(=O)OC(C)(C)C. The summed E-state index contributed by atoms with van der Waals surface area (Å²) < 4.78 is 9.74. The van der Waals surface area contributed by atoms with E-state index in [1.54, 1.807) is 27.7 Å². The lowest BCUT2D eigenvalue weighted by Gasteiger charge is -2.19. The first-order valence-corrected chi connectivity index (χ1v) is 7.13. The predicted molar refractivity (Wildman–Crippen MR) is 77.7 cm³/mol. The van der Waals surface area contributed by atoms with Crippen LogP contribution in [0.4, 0.5) is 4.79 Å². The highest BCUT2D eigenvalue weighted by atomic mass is 16.6. The lowest BCUT2D eigenvalue weighted by atomic mass is 10.2. The van der Waals surface area contributed by atoms with E-state index in [0.29, 0.717) is 25.9 Å². The fourth-order valence-corrected chi connectivity index (χ4v) is 1.39. The van der Waals surface area contributed by atoms with Gasteiger partial charge in [-0.3, -0.25) is 9.59 Å². The van der Waals surface area contributed by atoms with E-state index >= 15 is 0 Å². The number of alkyl carbamates (subject to hydrolysis) is 1. The van der Waals surface area contributed by atoms with Crippen molar-refractivity contribution in [3.8, 4) is 0 Å². The normalized spacial score (nSPS) is 10.7. The molecule has 0 aromatic carbocycles. The minimum atomic E-state index is -0.526. The summed E-state index contributed by atoms with van der Waals surface area (Å²) in [6, 6.07) is 0. The molecule has 7 heteroatoms. The van der Waals surface area contributed by atoms with Crippen LogP contribution in [0.15, 0.2) is 0 Å². The molecule has 0 atom stereocenters. The van der Waals surface area contributed by atoms with Crippen molar-refractivity contribution in [1.82, 2.24) is 10.6 Å². The molecule has 7 nitrogen and oxygen atoms in total. The van der Waals surface area contributed by atoms with Crippen LogP contribution in [0.25, 0.3) is 0 Å². The zero-order chi connectivity index (χ0) is 16.3. The number of hydrogen-bond donors (Lipinski definition) is 2. The summed E-state index contributed by atoms with van der Waals surface area (Å²) in [5.74, 6) is -0.879. The third-order valence-electron chi connectivity index (χ3n) is 2.20. The maximum absolute atomic E-state index is 11.3. The van der Waals surface area contributed by atoms with Crippen LogP contribution in [0, 0.1) is 0 Å². The number of rotatable bonds is 8. The number of esters is 1.